The van der Waals surface area contributed by atoms with Crippen LogP contribution in [-0.4, -0.2) is 29.8 Å². The fourth-order valence-corrected chi connectivity index (χ4v) is 3.37. The Balaban J connectivity index is 1.88. The summed E-state index contributed by atoms with van der Waals surface area (Å²) in [5.74, 6) is 0.454. The summed E-state index contributed by atoms with van der Waals surface area (Å²) in [7, 11) is 0. The monoisotopic (exact) mass is 311 g/mol. The van der Waals surface area contributed by atoms with Crippen LogP contribution in [0.5, 0.6) is 0 Å². The summed E-state index contributed by atoms with van der Waals surface area (Å²) in [6.45, 7) is 7.67. The van der Waals surface area contributed by atoms with Gasteiger partial charge in [0, 0.05) is 17.8 Å². The first-order valence-corrected chi connectivity index (χ1v) is 8.39. The molecule has 0 bridgehead atoms. The topological polar surface area (TPSA) is 58.6 Å². The first-order chi connectivity index (χ1) is 9.87. The summed E-state index contributed by atoms with van der Waals surface area (Å²) in [6, 6.07) is 1.91. The second kappa shape index (κ2) is 6.90. The van der Waals surface area contributed by atoms with E-state index in [0.717, 1.165) is 25.0 Å². The van der Waals surface area contributed by atoms with E-state index in [-0.39, 0.29) is 12.5 Å². The highest BCUT2D eigenvalue weighted by molar-refractivity contribution is 7.14. The number of carbonyl (C=O) groups excluding carboxylic acids is 1. The molecule has 5 heteroatoms. The smallest absolute Gasteiger partial charge is 0.261 e. The van der Waals surface area contributed by atoms with E-state index in [1.165, 1.54) is 16.2 Å². The van der Waals surface area contributed by atoms with E-state index in [1.807, 2.05) is 6.07 Å². The Kier molecular flexibility index (Phi) is 5.41. The maximum atomic E-state index is 12.2. The Morgan fingerprint density at radius 3 is 3.00 bits per heavy atom. The molecule has 1 aliphatic rings. The second-order valence-electron chi connectivity index (χ2n) is 6.47. The highest BCUT2D eigenvalue weighted by Gasteiger charge is 2.23. The molecular formula is C16H25NO3S. The molecule has 1 aromatic rings. The van der Waals surface area contributed by atoms with Crippen LogP contribution in [0.15, 0.2) is 6.07 Å². The Hall–Kier alpha value is -0.910. The molecule has 2 N–H and O–H groups in total. The standard InChI is InChI=1S/C16H25NO3S/c1-11(2)4-6-16(3,19)10-17-15(18)14-8-12-9-20-7-5-13(12)21-14/h8,11,19H,4-7,9-10H2,1-3H3,(H,17,18). The number of thiophene rings is 1. The Labute approximate surface area is 130 Å². The van der Waals surface area contributed by atoms with Gasteiger partial charge in [0.1, 0.15) is 0 Å². The van der Waals surface area contributed by atoms with Crippen molar-refractivity contribution in [3.8, 4) is 0 Å². The van der Waals surface area contributed by atoms with Crippen LogP contribution in [0.1, 0.15) is 53.7 Å². The van der Waals surface area contributed by atoms with Crippen LogP contribution in [0.25, 0.3) is 0 Å². The van der Waals surface area contributed by atoms with Gasteiger partial charge in [-0.2, -0.15) is 0 Å². The molecule has 1 atom stereocenters. The zero-order valence-corrected chi connectivity index (χ0v) is 13.9. The molecule has 0 aliphatic carbocycles. The summed E-state index contributed by atoms with van der Waals surface area (Å²) < 4.78 is 5.39. The molecule has 4 nitrogen and oxygen atoms in total. The van der Waals surface area contributed by atoms with Crippen molar-refractivity contribution in [2.24, 2.45) is 5.92 Å². The largest absolute Gasteiger partial charge is 0.388 e. The van der Waals surface area contributed by atoms with Crippen LogP contribution in [0.2, 0.25) is 0 Å². The van der Waals surface area contributed by atoms with Gasteiger partial charge in [-0.05, 0) is 37.3 Å². The fraction of sp³-hybridized carbons (Fsp3) is 0.688. The van der Waals surface area contributed by atoms with Gasteiger partial charge in [0.15, 0.2) is 0 Å². The predicted molar refractivity (Wildman–Crippen MR) is 84.7 cm³/mol. The van der Waals surface area contributed by atoms with Crippen LogP contribution in [0.3, 0.4) is 0 Å². The van der Waals surface area contributed by atoms with Crippen LogP contribution in [0.4, 0.5) is 0 Å². The Bertz CT molecular complexity index is 470. The van der Waals surface area contributed by atoms with E-state index in [1.54, 1.807) is 6.92 Å². The Morgan fingerprint density at radius 2 is 2.33 bits per heavy atom. The van der Waals surface area contributed by atoms with Crippen LogP contribution >= 0.6 is 11.3 Å². The van der Waals surface area contributed by atoms with Crippen molar-refractivity contribution in [3.63, 3.8) is 0 Å². The molecule has 0 spiro atoms. The molecule has 2 rings (SSSR count). The van der Waals surface area contributed by atoms with Gasteiger partial charge in [-0.1, -0.05) is 13.8 Å². The molecule has 1 unspecified atom stereocenters. The van der Waals surface area contributed by atoms with Crippen molar-refractivity contribution >= 4 is 17.2 Å². The number of hydrogen-bond donors (Lipinski definition) is 2. The van der Waals surface area contributed by atoms with Crippen molar-refractivity contribution in [2.75, 3.05) is 13.2 Å². The minimum atomic E-state index is -0.847. The molecule has 0 aromatic carbocycles. The van der Waals surface area contributed by atoms with Gasteiger partial charge in [0.25, 0.3) is 5.91 Å². The van der Waals surface area contributed by atoms with Crippen molar-refractivity contribution in [2.45, 2.75) is 52.2 Å². The lowest BCUT2D eigenvalue weighted by Gasteiger charge is -2.24. The zero-order chi connectivity index (χ0) is 15.5. The molecule has 1 aliphatic heterocycles. The summed E-state index contributed by atoms with van der Waals surface area (Å²) in [4.78, 5) is 14.2. The summed E-state index contributed by atoms with van der Waals surface area (Å²) >= 11 is 1.54. The SMILES string of the molecule is CC(C)CCC(C)(O)CNC(=O)c1cc2c(s1)CCOC2. The minimum Gasteiger partial charge on any atom is -0.388 e. The third kappa shape index (κ3) is 4.80. The number of aliphatic hydroxyl groups is 1. The molecule has 0 saturated heterocycles. The fourth-order valence-electron chi connectivity index (χ4n) is 2.30. The van der Waals surface area contributed by atoms with Gasteiger partial charge in [-0.15, -0.1) is 11.3 Å². The number of fused-ring (bicyclic) bond motifs is 1. The summed E-state index contributed by atoms with van der Waals surface area (Å²) in [6.07, 6.45) is 2.53. The van der Waals surface area contributed by atoms with E-state index < -0.39 is 5.60 Å². The van der Waals surface area contributed by atoms with Crippen LogP contribution in [0, 0.1) is 5.92 Å². The minimum absolute atomic E-state index is 0.0979. The van der Waals surface area contributed by atoms with E-state index in [9.17, 15) is 9.90 Å². The molecular weight excluding hydrogens is 286 g/mol. The average Bonchev–Trinajstić information content (AvgIpc) is 2.87. The second-order valence-corrected chi connectivity index (χ2v) is 7.61. The summed E-state index contributed by atoms with van der Waals surface area (Å²) in [5.41, 5.74) is 0.280. The van der Waals surface area contributed by atoms with Crippen LogP contribution in [-0.2, 0) is 17.8 Å². The van der Waals surface area contributed by atoms with E-state index >= 15 is 0 Å². The first kappa shape index (κ1) is 16.5. The molecule has 0 radical (unpaired) electrons. The highest BCUT2D eigenvalue weighted by atomic mass is 32.1. The lowest BCUT2D eigenvalue weighted by molar-refractivity contribution is 0.0430. The van der Waals surface area contributed by atoms with Gasteiger partial charge in [-0.3, -0.25) is 4.79 Å². The lowest BCUT2D eigenvalue weighted by atomic mass is 9.95. The van der Waals surface area contributed by atoms with Crippen molar-refractivity contribution in [1.29, 1.82) is 0 Å². The zero-order valence-electron chi connectivity index (χ0n) is 13.1. The third-order valence-corrected chi connectivity index (χ3v) is 4.98. The van der Waals surface area contributed by atoms with Gasteiger partial charge >= 0.3 is 0 Å². The number of ether oxygens (including phenoxy) is 1. The molecule has 1 aromatic heterocycles. The van der Waals surface area contributed by atoms with Crippen LogP contribution < -0.4 is 5.32 Å². The molecule has 0 fully saturated rings. The maximum absolute atomic E-state index is 12.2. The number of carbonyl (C=O) groups is 1. The van der Waals surface area contributed by atoms with Crippen molar-refractivity contribution in [3.05, 3.63) is 21.4 Å². The molecule has 1 amide bonds. The summed E-state index contributed by atoms with van der Waals surface area (Å²) in [5, 5.41) is 13.1. The third-order valence-electron chi connectivity index (χ3n) is 3.74. The Morgan fingerprint density at radius 1 is 1.57 bits per heavy atom. The van der Waals surface area contributed by atoms with Gasteiger partial charge in [-0.25, -0.2) is 0 Å². The maximum Gasteiger partial charge on any atom is 0.261 e. The number of rotatable bonds is 6. The quantitative estimate of drug-likeness (QED) is 0.849. The first-order valence-electron chi connectivity index (χ1n) is 7.57. The van der Waals surface area contributed by atoms with Crippen molar-refractivity contribution in [1.82, 2.24) is 5.32 Å². The van der Waals surface area contributed by atoms with Gasteiger partial charge in [0.2, 0.25) is 0 Å². The van der Waals surface area contributed by atoms with Gasteiger partial charge < -0.3 is 15.2 Å². The molecule has 118 valence electrons. The molecule has 21 heavy (non-hydrogen) atoms. The molecule has 0 saturated carbocycles. The van der Waals surface area contributed by atoms with E-state index in [2.05, 4.69) is 19.2 Å². The number of hydrogen-bond acceptors (Lipinski definition) is 4. The van der Waals surface area contributed by atoms with Gasteiger partial charge in [0.05, 0.1) is 23.7 Å². The normalized spacial score (nSPS) is 17.4. The van der Waals surface area contributed by atoms with Crippen molar-refractivity contribution < 1.29 is 14.6 Å². The number of amides is 1. The highest BCUT2D eigenvalue weighted by Crippen LogP contribution is 2.27. The molecule has 2 heterocycles. The predicted octanol–water partition coefficient (Wildman–Crippen LogP) is 2.74. The van der Waals surface area contributed by atoms with E-state index in [4.69, 9.17) is 4.74 Å². The lowest BCUT2D eigenvalue weighted by Crippen LogP contribution is -2.40. The number of nitrogens with one attached hydrogen (secondary N) is 1. The average molecular weight is 311 g/mol. The van der Waals surface area contributed by atoms with E-state index in [0.29, 0.717) is 23.8 Å².